The molecule has 3 rings (SSSR count). The quantitative estimate of drug-likeness (QED) is 0.713. The van der Waals surface area contributed by atoms with Gasteiger partial charge in [0.05, 0.1) is 21.7 Å². The van der Waals surface area contributed by atoms with Crippen LogP contribution >= 0.6 is 23.2 Å². The van der Waals surface area contributed by atoms with Gasteiger partial charge in [-0.05, 0) is 42.7 Å². The Labute approximate surface area is 177 Å². The van der Waals surface area contributed by atoms with Crippen molar-refractivity contribution in [3.8, 4) is 0 Å². The number of halogens is 4. The highest BCUT2D eigenvalue weighted by Crippen LogP contribution is 2.26. The Morgan fingerprint density at radius 2 is 1.86 bits per heavy atom. The van der Waals surface area contributed by atoms with Crippen LogP contribution < -0.4 is 5.32 Å². The van der Waals surface area contributed by atoms with E-state index in [1.165, 1.54) is 22.5 Å². The molecule has 2 aromatic carbocycles. The number of piperidine rings is 1. The van der Waals surface area contributed by atoms with E-state index in [-0.39, 0.29) is 23.0 Å². The number of carbonyl (C=O) groups excluding carboxylic acids is 1. The molecule has 0 radical (unpaired) electrons. The molecule has 2 aromatic rings. The first-order chi connectivity index (χ1) is 13.7. The molecule has 5 nitrogen and oxygen atoms in total. The monoisotopic (exact) mass is 462 g/mol. The number of hydrogen-bond acceptors (Lipinski definition) is 3. The van der Waals surface area contributed by atoms with Gasteiger partial charge in [0.2, 0.25) is 15.9 Å². The molecule has 0 aliphatic carbocycles. The number of sulfonamides is 1. The maximum Gasteiger partial charge on any atom is 0.228 e. The van der Waals surface area contributed by atoms with E-state index in [1.807, 2.05) is 0 Å². The Morgan fingerprint density at radius 1 is 1.10 bits per heavy atom. The van der Waals surface area contributed by atoms with E-state index >= 15 is 0 Å². The van der Waals surface area contributed by atoms with Crippen LogP contribution in [0.3, 0.4) is 0 Å². The van der Waals surface area contributed by atoms with Crippen molar-refractivity contribution in [1.29, 1.82) is 0 Å². The molecule has 0 unspecified atom stereocenters. The molecular formula is C19H18Cl2F2N2O3S. The summed E-state index contributed by atoms with van der Waals surface area (Å²) >= 11 is 11.8. The van der Waals surface area contributed by atoms with Gasteiger partial charge in [-0.15, -0.1) is 0 Å². The molecule has 1 fully saturated rings. The largest absolute Gasteiger partial charge is 0.326 e. The third-order valence-corrected chi connectivity index (χ3v) is 7.22. The maximum atomic E-state index is 13.3. The molecule has 1 aliphatic rings. The summed E-state index contributed by atoms with van der Waals surface area (Å²) in [5.41, 5.74) is 0.609. The maximum absolute atomic E-state index is 13.3. The van der Waals surface area contributed by atoms with Crippen molar-refractivity contribution < 1.29 is 22.0 Å². The zero-order chi connectivity index (χ0) is 21.2. The lowest BCUT2D eigenvalue weighted by atomic mass is 9.98. The van der Waals surface area contributed by atoms with E-state index in [0.717, 1.165) is 12.1 Å². The van der Waals surface area contributed by atoms with Crippen LogP contribution in [0.15, 0.2) is 36.4 Å². The van der Waals surface area contributed by atoms with Crippen LogP contribution in [-0.4, -0.2) is 31.7 Å². The van der Waals surface area contributed by atoms with Gasteiger partial charge >= 0.3 is 0 Å². The minimum Gasteiger partial charge on any atom is -0.326 e. The predicted octanol–water partition coefficient (Wildman–Crippen LogP) is 4.45. The van der Waals surface area contributed by atoms with Crippen molar-refractivity contribution >= 4 is 44.8 Å². The Hall–Kier alpha value is -1.74. The normalized spacial score (nSPS) is 17.9. The lowest BCUT2D eigenvalue weighted by Gasteiger charge is -2.31. The topological polar surface area (TPSA) is 66.5 Å². The van der Waals surface area contributed by atoms with Crippen LogP contribution in [0.25, 0.3) is 0 Å². The fourth-order valence-electron chi connectivity index (χ4n) is 3.16. The van der Waals surface area contributed by atoms with Crippen LogP contribution in [0.2, 0.25) is 10.0 Å². The highest BCUT2D eigenvalue weighted by atomic mass is 35.5. The second kappa shape index (κ2) is 8.95. The van der Waals surface area contributed by atoms with Gasteiger partial charge in [0.1, 0.15) is 0 Å². The van der Waals surface area contributed by atoms with Gasteiger partial charge < -0.3 is 5.32 Å². The molecule has 156 valence electrons. The van der Waals surface area contributed by atoms with Crippen LogP contribution in [0, 0.1) is 17.6 Å². The number of hydrogen-bond donors (Lipinski definition) is 1. The van der Waals surface area contributed by atoms with Crippen LogP contribution in [0.1, 0.15) is 18.4 Å². The first-order valence-electron chi connectivity index (χ1n) is 8.83. The number of nitrogens with one attached hydrogen (secondary N) is 1. The Balaban J connectivity index is 1.67. The molecule has 1 aliphatic heterocycles. The van der Waals surface area contributed by atoms with Gasteiger partial charge in [0.25, 0.3) is 0 Å². The van der Waals surface area contributed by atoms with Crippen LogP contribution in [0.4, 0.5) is 14.5 Å². The summed E-state index contributed by atoms with van der Waals surface area (Å²) in [6.07, 6.45) is 1.00. The summed E-state index contributed by atoms with van der Waals surface area (Å²) in [6.45, 7) is 0.317. The molecule has 0 spiro atoms. The highest BCUT2D eigenvalue weighted by molar-refractivity contribution is 7.88. The van der Waals surface area contributed by atoms with Crippen molar-refractivity contribution in [2.75, 3.05) is 18.4 Å². The zero-order valence-electron chi connectivity index (χ0n) is 15.2. The van der Waals surface area contributed by atoms with Crippen molar-refractivity contribution in [2.45, 2.75) is 18.6 Å². The van der Waals surface area contributed by atoms with Gasteiger partial charge in [-0.3, -0.25) is 4.79 Å². The first-order valence-corrected chi connectivity index (χ1v) is 11.2. The molecule has 1 amide bonds. The predicted molar refractivity (Wildman–Crippen MR) is 108 cm³/mol. The molecule has 0 saturated carbocycles. The number of carbonyl (C=O) groups is 1. The lowest BCUT2D eigenvalue weighted by molar-refractivity contribution is -0.120. The van der Waals surface area contributed by atoms with Gasteiger partial charge in [0.15, 0.2) is 11.6 Å². The first kappa shape index (κ1) is 22.0. The van der Waals surface area contributed by atoms with E-state index in [4.69, 9.17) is 23.2 Å². The Bertz CT molecular complexity index is 1030. The van der Waals surface area contributed by atoms with Gasteiger partial charge in [0, 0.05) is 24.8 Å². The van der Waals surface area contributed by atoms with Gasteiger partial charge in [-0.1, -0.05) is 29.3 Å². The molecule has 10 heteroatoms. The third kappa shape index (κ3) is 5.45. The van der Waals surface area contributed by atoms with E-state index < -0.39 is 33.5 Å². The van der Waals surface area contributed by atoms with E-state index in [9.17, 15) is 22.0 Å². The fourth-order valence-corrected chi connectivity index (χ4v) is 5.08. The summed E-state index contributed by atoms with van der Waals surface area (Å²) < 4.78 is 53.2. The van der Waals surface area contributed by atoms with Crippen molar-refractivity contribution in [3.05, 3.63) is 63.6 Å². The number of anilines is 1. The SMILES string of the molecule is O=C(Nc1ccc(F)c(F)c1)[C@H]1CCCN(S(=O)(=O)Cc2ccc(Cl)c(Cl)c2)C1. The molecular weight excluding hydrogens is 445 g/mol. The minimum atomic E-state index is -3.68. The molecule has 1 atom stereocenters. The lowest BCUT2D eigenvalue weighted by Crippen LogP contribution is -2.44. The van der Waals surface area contributed by atoms with E-state index in [1.54, 1.807) is 6.07 Å². The standard InChI is InChI=1S/C19H18Cl2F2N2O3S/c20-15-5-3-12(8-16(15)21)11-29(27,28)25-7-1-2-13(10-25)19(26)24-14-4-6-17(22)18(23)9-14/h3-6,8-9,13H,1-2,7,10-11H2,(H,24,26)/t13-/m0/s1. The minimum absolute atomic E-state index is 0.0131. The number of benzene rings is 2. The number of rotatable bonds is 5. The van der Waals surface area contributed by atoms with Crippen LogP contribution in [-0.2, 0) is 20.6 Å². The van der Waals surface area contributed by atoms with Gasteiger partial charge in [-0.2, -0.15) is 0 Å². The average Bonchev–Trinajstić information content (AvgIpc) is 2.67. The zero-order valence-corrected chi connectivity index (χ0v) is 17.5. The molecule has 0 bridgehead atoms. The van der Waals surface area contributed by atoms with Gasteiger partial charge in [-0.25, -0.2) is 21.5 Å². The molecule has 1 heterocycles. The summed E-state index contributed by atoms with van der Waals surface area (Å²) in [7, 11) is -3.68. The molecule has 0 aromatic heterocycles. The summed E-state index contributed by atoms with van der Waals surface area (Å²) in [5, 5.41) is 3.11. The smallest absolute Gasteiger partial charge is 0.228 e. The highest BCUT2D eigenvalue weighted by Gasteiger charge is 2.32. The van der Waals surface area contributed by atoms with Crippen molar-refractivity contribution in [3.63, 3.8) is 0 Å². The summed E-state index contributed by atoms with van der Waals surface area (Å²) in [4.78, 5) is 12.5. The molecule has 29 heavy (non-hydrogen) atoms. The molecule has 1 saturated heterocycles. The van der Waals surface area contributed by atoms with E-state index in [2.05, 4.69) is 5.32 Å². The number of nitrogens with zero attached hydrogens (tertiary/aromatic N) is 1. The fraction of sp³-hybridized carbons (Fsp3) is 0.316. The second-order valence-corrected chi connectivity index (χ2v) is 9.60. The summed E-state index contributed by atoms with van der Waals surface area (Å²) in [6, 6.07) is 7.66. The van der Waals surface area contributed by atoms with E-state index in [0.29, 0.717) is 30.0 Å². The van der Waals surface area contributed by atoms with Crippen LogP contribution in [0.5, 0.6) is 0 Å². The van der Waals surface area contributed by atoms with Crippen molar-refractivity contribution in [2.24, 2.45) is 5.92 Å². The average molecular weight is 463 g/mol. The Kier molecular flexibility index (Phi) is 6.78. The Morgan fingerprint density at radius 3 is 2.55 bits per heavy atom. The number of amides is 1. The third-order valence-electron chi connectivity index (χ3n) is 4.67. The summed E-state index contributed by atoms with van der Waals surface area (Å²) in [5.74, 6) is -3.38. The second-order valence-electron chi connectivity index (χ2n) is 6.82. The molecule has 1 N–H and O–H groups in total. The van der Waals surface area contributed by atoms with Crippen molar-refractivity contribution in [1.82, 2.24) is 4.31 Å².